The van der Waals surface area contributed by atoms with Crippen LogP contribution in [-0.2, 0) is 9.59 Å². The van der Waals surface area contributed by atoms with Gasteiger partial charge in [-0.1, -0.05) is 13.3 Å². The summed E-state index contributed by atoms with van der Waals surface area (Å²) in [6.07, 6.45) is 2.64. The number of Topliss-reactive ketones (excluding diaryl/α,β-unsaturated/α-hetero) is 2. The first-order chi connectivity index (χ1) is 6.88. The van der Waals surface area contributed by atoms with Crippen LogP contribution in [0, 0.1) is 11.8 Å². The van der Waals surface area contributed by atoms with Gasteiger partial charge < -0.3 is 0 Å². The zero-order valence-electron chi connectivity index (χ0n) is 9.06. The quantitative estimate of drug-likeness (QED) is 0.665. The summed E-state index contributed by atoms with van der Waals surface area (Å²) in [6, 6.07) is 0. The minimum absolute atomic E-state index is 0.152. The average Bonchev–Trinajstić information content (AvgIpc) is 2.00. The molecule has 0 heterocycles. The number of ketones is 2. The Balaban J connectivity index is 2.70. The molecule has 0 aromatic rings. The molecule has 0 saturated heterocycles. The van der Waals surface area contributed by atoms with Crippen molar-refractivity contribution in [2.75, 3.05) is 0 Å². The minimum atomic E-state index is -3.39. The molecule has 2 nitrogen and oxygen atoms in total. The Morgan fingerprint density at radius 2 is 1.93 bits per heavy atom. The molecule has 0 aromatic heterocycles. The third-order valence-electron chi connectivity index (χ3n) is 3.01. The van der Waals surface area contributed by atoms with E-state index in [9.17, 15) is 18.4 Å². The summed E-state index contributed by atoms with van der Waals surface area (Å²) in [5, 5.41) is 0. The number of hydrogen-bond donors (Lipinski definition) is 0. The van der Waals surface area contributed by atoms with Gasteiger partial charge in [0.05, 0.1) is 5.92 Å². The smallest absolute Gasteiger partial charge is 0.299 e. The molecular formula is C11H16F2O2. The normalized spacial score (nSPS) is 19.5. The van der Waals surface area contributed by atoms with Crippen LogP contribution in [-0.4, -0.2) is 17.5 Å². The summed E-state index contributed by atoms with van der Waals surface area (Å²) in [5.41, 5.74) is 0. The van der Waals surface area contributed by atoms with Crippen molar-refractivity contribution in [2.45, 2.75) is 45.5 Å². The van der Waals surface area contributed by atoms with Crippen molar-refractivity contribution in [1.29, 1.82) is 0 Å². The topological polar surface area (TPSA) is 34.1 Å². The second kappa shape index (κ2) is 4.37. The van der Waals surface area contributed by atoms with Crippen LogP contribution in [0.4, 0.5) is 8.78 Å². The highest BCUT2D eigenvalue weighted by Gasteiger charge is 2.43. The molecule has 0 N–H and O–H groups in total. The Bertz CT molecular complexity index is 264. The van der Waals surface area contributed by atoms with Gasteiger partial charge in [-0.15, -0.1) is 0 Å². The lowest BCUT2D eigenvalue weighted by Crippen LogP contribution is -2.40. The van der Waals surface area contributed by atoms with Crippen molar-refractivity contribution in [3.63, 3.8) is 0 Å². The second-order valence-corrected chi connectivity index (χ2v) is 4.24. The summed E-state index contributed by atoms with van der Waals surface area (Å²) < 4.78 is 25.6. The second-order valence-electron chi connectivity index (χ2n) is 4.24. The van der Waals surface area contributed by atoms with Crippen LogP contribution < -0.4 is 0 Å². The van der Waals surface area contributed by atoms with Gasteiger partial charge in [0.15, 0.2) is 0 Å². The number of alkyl halides is 2. The van der Waals surface area contributed by atoms with Gasteiger partial charge in [0, 0.05) is 12.8 Å². The number of rotatable bonds is 5. The number of carbonyl (C=O) groups excluding carboxylic acids is 2. The van der Waals surface area contributed by atoms with Crippen LogP contribution in [0.5, 0.6) is 0 Å². The Morgan fingerprint density at radius 3 is 2.20 bits per heavy atom. The van der Waals surface area contributed by atoms with Crippen molar-refractivity contribution >= 4 is 11.6 Å². The standard InChI is InChI=1S/C11H16F2O2/c1-3-8(10(15)11(2,12)13)9(14)7-5-4-6-7/h7-8H,3-6H2,1-2H3. The molecule has 1 atom stereocenters. The Labute approximate surface area is 88.0 Å². The lowest BCUT2D eigenvalue weighted by molar-refractivity contribution is -0.151. The third-order valence-corrected chi connectivity index (χ3v) is 3.01. The molecule has 0 aliphatic heterocycles. The van der Waals surface area contributed by atoms with Crippen molar-refractivity contribution in [3.8, 4) is 0 Å². The summed E-state index contributed by atoms with van der Waals surface area (Å²) in [4.78, 5) is 23.0. The molecule has 4 heteroatoms. The summed E-state index contributed by atoms with van der Waals surface area (Å²) in [6.45, 7) is 2.16. The molecule has 1 rings (SSSR count). The SMILES string of the molecule is CCC(C(=O)C1CCC1)C(=O)C(C)(F)F. The van der Waals surface area contributed by atoms with Crippen LogP contribution in [0.1, 0.15) is 39.5 Å². The predicted octanol–water partition coefficient (Wildman–Crippen LogP) is 2.61. The van der Waals surface area contributed by atoms with Gasteiger partial charge in [-0.2, -0.15) is 8.78 Å². The Morgan fingerprint density at radius 1 is 1.40 bits per heavy atom. The first-order valence-corrected chi connectivity index (χ1v) is 5.33. The molecule has 1 aliphatic rings. The molecule has 15 heavy (non-hydrogen) atoms. The predicted molar refractivity (Wildman–Crippen MR) is 51.8 cm³/mol. The van der Waals surface area contributed by atoms with E-state index in [1.54, 1.807) is 6.92 Å². The first-order valence-electron chi connectivity index (χ1n) is 5.33. The third kappa shape index (κ3) is 2.61. The maximum atomic E-state index is 12.8. The monoisotopic (exact) mass is 218 g/mol. The number of hydrogen-bond acceptors (Lipinski definition) is 2. The molecule has 1 unspecified atom stereocenters. The molecule has 0 radical (unpaired) electrons. The molecule has 86 valence electrons. The van der Waals surface area contributed by atoms with Gasteiger partial charge in [0.1, 0.15) is 5.78 Å². The fourth-order valence-corrected chi connectivity index (χ4v) is 1.80. The van der Waals surface area contributed by atoms with Gasteiger partial charge >= 0.3 is 5.92 Å². The van der Waals surface area contributed by atoms with E-state index in [0.717, 1.165) is 19.3 Å². The highest BCUT2D eigenvalue weighted by molar-refractivity contribution is 6.06. The lowest BCUT2D eigenvalue weighted by Gasteiger charge is -2.28. The van der Waals surface area contributed by atoms with E-state index in [1.807, 2.05) is 0 Å². The van der Waals surface area contributed by atoms with E-state index >= 15 is 0 Å². The van der Waals surface area contributed by atoms with E-state index in [0.29, 0.717) is 6.92 Å². The summed E-state index contributed by atoms with van der Waals surface area (Å²) in [5.74, 6) is -6.14. The van der Waals surface area contributed by atoms with Gasteiger partial charge in [0.25, 0.3) is 0 Å². The fraction of sp³-hybridized carbons (Fsp3) is 0.818. The molecule has 1 aliphatic carbocycles. The first kappa shape index (κ1) is 12.3. The zero-order chi connectivity index (χ0) is 11.6. The van der Waals surface area contributed by atoms with Crippen LogP contribution >= 0.6 is 0 Å². The van der Waals surface area contributed by atoms with Crippen molar-refractivity contribution < 1.29 is 18.4 Å². The van der Waals surface area contributed by atoms with Crippen LogP contribution in [0.25, 0.3) is 0 Å². The summed E-state index contributed by atoms with van der Waals surface area (Å²) in [7, 11) is 0. The highest BCUT2D eigenvalue weighted by atomic mass is 19.3. The van der Waals surface area contributed by atoms with Crippen molar-refractivity contribution in [1.82, 2.24) is 0 Å². The van der Waals surface area contributed by atoms with Crippen LogP contribution in [0.2, 0.25) is 0 Å². The molecular weight excluding hydrogens is 202 g/mol. The molecule has 1 fully saturated rings. The zero-order valence-corrected chi connectivity index (χ0v) is 9.06. The number of carbonyl (C=O) groups is 2. The van der Waals surface area contributed by atoms with Crippen LogP contribution in [0.3, 0.4) is 0 Å². The van der Waals surface area contributed by atoms with Crippen molar-refractivity contribution in [3.05, 3.63) is 0 Å². The lowest BCUT2D eigenvalue weighted by atomic mass is 9.75. The molecule has 0 bridgehead atoms. The maximum absolute atomic E-state index is 12.8. The minimum Gasteiger partial charge on any atom is -0.299 e. The largest absolute Gasteiger partial charge is 0.303 e. The van der Waals surface area contributed by atoms with E-state index in [4.69, 9.17) is 0 Å². The Kier molecular flexibility index (Phi) is 3.58. The van der Waals surface area contributed by atoms with Gasteiger partial charge in [0.2, 0.25) is 5.78 Å². The molecule has 1 saturated carbocycles. The molecule has 0 amide bonds. The fourth-order valence-electron chi connectivity index (χ4n) is 1.80. The Hall–Kier alpha value is -0.800. The van der Waals surface area contributed by atoms with E-state index in [2.05, 4.69) is 0 Å². The average molecular weight is 218 g/mol. The van der Waals surface area contributed by atoms with Crippen molar-refractivity contribution in [2.24, 2.45) is 11.8 Å². The maximum Gasteiger partial charge on any atom is 0.303 e. The van der Waals surface area contributed by atoms with E-state index in [1.165, 1.54) is 0 Å². The van der Waals surface area contributed by atoms with Gasteiger partial charge in [-0.05, 0) is 19.3 Å². The highest BCUT2D eigenvalue weighted by Crippen LogP contribution is 2.32. The van der Waals surface area contributed by atoms with E-state index in [-0.39, 0.29) is 18.1 Å². The van der Waals surface area contributed by atoms with Crippen LogP contribution in [0.15, 0.2) is 0 Å². The van der Waals surface area contributed by atoms with Gasteiger partial charge in [-0.3, -0.25) is 9.59 Å². The molecule has 0 aromatic carbocycles. The van der Waals surface area contributed by atoms with Gasteiger partial charge in [-0.25, -0.2) is 0 Å². The van der Waals surface area contributed by atoms with E-state index < -0.39 is 17.6 Å². The number of halogens is 2. The summed E-state index contributed by atoms with van der Waals surface area (Å²) >= 11 is 0. The molecule has 0 spiro atoms.